The standard InChI is InChI=1S/C18H22N2/c1-12-9-16-17(19)7-4-8-18(16)20(12)11-14-10-13-5-2-3-6-15(13)14/h2-3,5-6,9,14,17H,4,7-8,10-11,19H2,1H3. The summed E-state index contributed by atoms with van der Waals surface area (Å²) in [6.07, 6.45) is 4.81. The van der Waals surface area contributed by atoms with Crippen LogP contribution < -0.4 is 5.73 Å². The highest BCUT2D eigenvalue weighted by Crippen LogP contribution is 2.38. The van der Waals surface area contributed by atoms with Crippen LogP contribution >= 0.6 is 0 Å². The van der Waals surface area contributed by atoms with E-state index in [0.29, 0.717) is 5.92 Å². The van der Waals surface area contributed by atoms with Crippen LogP contribution in [0.1, 0.15) is 52.9 Å². The molecule has 0 saturated carbocycles. The largest absolute Gasteiger partial charge is 0.348 e. The van der Waals surface area contributed by atoms with E-state index in [1.807, 2.05) is 0 Å². The van der Waals surface area contributed by atoms with Gasteiger partial charge in [0, 0.05) is 29.9 Å². The van der Waals surface area contributed by atoms with Crippen molar-refractivity contribution in [1.82, 2.24) is 4.57 Å². The highest BCUT2D eigenvalue weighted by molar-refractivity contribution is 5.40. The maximum absolute atomic E-state index is 6.27. The van der Waals surface area contributed by atoms with Gasteiger partial charge in [-0.05, 0) is 55.4 Å². The third-order valence-corrected chi connectivity index (χ3v) is 5.14. The van der Waals surface area contributed by atoms with E-state index >= 15 is 0 Å². The number of hydrogen-bond donors (Lipinski definition) is 1. The fraction of sp³-hybridized carbons (Fsp3) is 0.444. The van der Waals surface area contributed by atoms with Crippen molar-refractivity contribution in [2.45, 2.75) is 51.1 Å². The monoisotopic (exact) mass is 266 g/mol. The lowest BCUT2D eigenvalue weighted by Crippen LogP contribution is -2.24. The Morgan fingerprint density at radius 2 is 2.10 bits per heavy atom. The summed E-state index contributed by atoms with van der Waals surface area (Å²) in [5.41, 5.74) is 13.6. The Hall–Kier alpha value is -1.54. The average Bonchev–Trinajstić information content (AvgIpc) is 2.74. The van der Waals surface area contributed by atoms with Crippen LogP contribution in [0.5, 0.6) is 0 Å². The van der Waals surface area contributed by atoms with Gasteiger partial charge in [0.15, 0.2) is 0 Å². The van der Waals surface area contributed by atoms with Gasteiger partial charge >= 0.3 is 0 Å². The van der Waals surface area contributed by atoms with Crippen LogP contribution in [0.3, 0.4) is 0 Å². The Bertz CT molecular complexity index is 653. The Labute approximate surface area is 120 Å². The summed E-state index contributed by atoms with van der Waals surface area (Å²) in [5.74, 6) is 0.694. The molecule has 2 aliphatic carbocycles. The molecule has 0 fully saturated rings. The van der Waals surface area contributed by atoms with E-state index in [1.54, 1.807) is 5.56 Å². The molecule has 2 atom stereocenters. The van der Waals surface area contributed by atoms with Crippen LogP contribution in [0.4, 0.5) is 0 Å². The minimum absolute atomic E-state index is 0.257. The smallest absolute Gasteiger partial charge is 0.0313 e. The van der Waals surface area contributed by atoms with Gasteiger partial charge < -0.3 is 10.3 Å². The highest BCUT2D eigenvalue weighted by atomic mass is 15.0. The van der Waals surface area contributed by atoms with E-state index < -0.39 is 0 Å². The summed E-state index contributed by atoms with van der Waals surface area (Å²) in [7, 11) is 0. The normalized spacial score (nSPS) is 23.9. The highest BCUT2D eigenvalue weighted by Gasteiger charge is 2.28. The number of aromatic nitrogens is 1. The molecular formula is C18H22N2. The molecule has 2 N–H and O–H groups in total. The maximum atomic E-state index is 6.27. The molecule has 0 spiro atoms. The van der Waals surface area contributed by atoms with Crippen molar-refractivity contribution >= 4 is 0 Å². The van der Waals surface area contributed by atoms with Crippen molar-refractivity contribution in [1.29, 1.82) is 0 Å². The molecule has 1 aromatic heterocycles. The van der Waals surface area contributed by atoms with E-state index in [-0.39, 0.29) is 6.04 Å². The fourth-order valence-corrected chi connectivity index (χ4v) is 4.00. The first-order chi connectivity index (χ1) is 9.74. The van der Waals surface area contributed by atoms with Crippen molar-refractivity contribution in [3.05, 3.63) is 58.4 Å². The number of aryl methyl sites for hydroxylation is 1. The molecule has 2 aliphatic rings. The summed E-state index contributed by atoms with van der Waals surface area (Å²) in [4.78, 5) is 0. The molecule has 2 heteroatoms. The first kappa shape index (κ1) is 12.2. The lowest BCUT2D eigenvalue weighted by Gasteiger charge is -2.32. The second-order valence-electron chi connectivity index (χ2n) is 6.40. The number of fused-ring (bicyclic) bond motifs is 2. The zero-order valence-corrected chi connectivity index (χ0v) is 12.1. The first-order valence-electron chi connectivity index (χ1n) is 7.76. The number of nitrogens with zero attached hydrogens (tertiary/aromatic N) is 1. The van der Waals surface area contributed by atoms with Gasteiger partial charge in [0.2, 0.25) is 0 Å². The Morgan fingerprint density at radius 1 is 1.25 bits per heavy atom. The van der Waals surface area contributed by atoms with Gasteiger partial charge in [0.05, 0.1) is 0 Å². The Balaban J connectivity index is 1.65. The van der Waals surface area contributed by atoms with Gasteiger partial charge in [-0.2, -0.15) is 0 Å². The molecule has 1 heterocycles. The molecular weight excluding hydrogens is 244 g/mol. The van der Waals surface area contributed by atoms with Gasteiger partial charge in [-0.1, -0.05) is 24.3 Å². The third kappa shape index (κ3) is 1.75. The van der Waals surface area contributed by atoms with Gasteiger partial charge in [0.1, 0.15) is 0 Å². The molecule has 20 heavy (non-hydrogen) atoms. The van der Waals surface area contributed by atoms with Crippen molar-refractivity contribution in [2.75, 3.05) is 0 Å². The molecule has 0 bridgehead atoms. The van der Waals surface area contributed by atoms with E-state index in [4.69, 9.17) is 5.73 Å². The number of hydrogen-bond acceptors (Lipinski definition) is 1. The summed E-state index contributed by atoms with van der Waals surface area (Å²) < 4.78 is 2.54. The van der Waals surface area contributed by atoms with Crippen LogP contribution in [0, 0.1) is 6.92 Å². The second kappa shape index (κ2) is 4.49. The molecule has 2 nitrogen and oxygen atoms in total. The minimum atomic E-state index is 0.257. The molecule has 0 radical (unpaired) electrons. The lowest BCUT2D eigenvalue weighted by atomic mass is 9.77. The Kier molecular flexibility index (Phi) is 2.74. The van der Waals surface area contributed by atoms with Gasteiger partial charge in [0.25, 0.3) is 0 Å². The Morgan fingerprint density at radius 3 is 2.95 bits per heavy atom. The molecule has 0 aliphatic heterocycles. The topological polar surface area (TPSA) is 30.9 Å². The SMILES string of the molecule is Cc1cc2c(n1CC1Cc3ccccc31)CCCC2N. The van der Waals surface area contributed by atoms with Gasteiger partial charge in [-0.25, -0.2) is 0 Å². The fourth-order valence-electron chi connectivity index (χ4n) is 4.00. The van der Waals surface area contributed by atoms with Crippen LogP contribution in [-0.2, 0) is 19.4 Å². The summed E-state index contributed by atoms with van der Waals surface area (Å²) >= 11 is 0. The second-order valence-corrected chi connectivity index (χ2v) is 6.40. The predicted octanol–water partition coefficient (Wildman–Crippen LogP) is 3.47. The lowest BCUT2D eigenvalue weighted by molar-refractivity contribution is 0.474. The van der Waals surface area contributed by atoms with E-state index in [9.17, 15) is 0 Å². The summed E-state index contributed by atoms with van der Waals surface area (Å²) in [6.45, 7) is 3.36. The van der Waals surface area contributed by atoms with Crippen molar-refractivity contribution in [3.8, 4) is 0 Å². The number of nitrogens with two attached hydrogens (primary N) is 1. The molecule has 1 aromatic carbocycles. The maximum Gasteiger partial charge on any atom is 0.0313 e. The zero-order valence-electron chi connectivity index (χ0n) is 12.1. The van der Waals surface area contributed by atoms with Gasteiger partial charge in [-0.15, -0.1) is 0 Å². The van der Waals surface area contributed by atoms with Crippen molar-refractivity contribution in [2.24, 2.45) is 5.73 Å². The quantitative estimate of drug-likeness (QED) is 0.886. The molecule has 4 rings (SSSR count). The summed E-state index contributed by atoms with van der Waals surface area (Å²) in [5, 5.41) is 0. The average molecular weight is 266 g/mol. The molecule has 2 unspecified atom stereocenters. The molecule has 0 saturated heterocycles. The minimum Gasteiger partial charge on any atom is -0.348 e. The van der Waals surface area contributed by atoms with Crippen LogP contribution in [-0.4, -0.2) is 4.57 Å². The first-order valence-corrected chi connectivity index (χ1v) is 7.76. The zero-order chi connectivity index (χ0) is 13.7. The molecule has 104 valence electrons. The predicted molar refractivity (Wildman–Crippen MR) is 81.9 cm³/mol. The molecule has 0 amide bonds. The number of benzene rings is 1. The van der Waals surface area contributed by atoms with Crippen LogP contribution in [0.15, 0.2) is 30.3 Å². The van der Waals surface area contributed by atoms with E-state index in [2.05, 4.69) is 41.8 Å². The van der Waals surface area contributed by atoms with E-state index in [0.717, 1.165) is 13.0 Å². The molecule has 2 aromatic rings. The van der Waals surface area contributed by atoms with Crippen molar-refractivity contribution < 1.29 is 0 Å². The van der Waals surface area contributed by atoms with E-state index in [1.165, 1.54) is 41.8 Å². The van der Waals surface area contributed by atoms with Crippen molar-refractivity contribution in [3.63, 3.8) is 0 Å². The summed E-state index contributed by atoms with van der Waals surface area (Å²) in [6, 6.07) is 11.5. The van der Waals surface area contributed by atoms with Gasteiger partial charge in [-0.3, -0.25) is 0 Å². The van der Waals surface area contributed by atoms with Crippen LogP contribution in [0.25, 0.3) is 0 Å². The van der Waals surface area contributed by atoms with Crippen LogP contribution in [0.2, 0.25) is 0 Å². The third-order valence-electron chi connectivity index (χ3n) is 5.14. The number of rotatable bonds is 2.